The van der Waals surface area contributed by atoms with Crippen molar-refractivity contribution >= 4 is 11.6 Å². The van der Waals surface area contributed by atoms with Gasteiger partial charge in [0.05, 0.1) is 0 Å². The van der Waals surface area contributed by atoms with Crippen LogP contribution in [-0.2, 0) is 24.3 Å². The molecule has 9 heteroatoms. The summed E-state index contributed by atoms with van der Waals surface area (Å²) in [6.45, 7) is 2.96. The lowest BCUT2D eigenvalue weighted by molar-refractivity contribution is -0.116. The largest absolute Gasteiger partial charge is 0.324 e. The molecule has 0 fully saturated rings. The summed E-state index contributed by atoms with van der Waals surface area (Å²) in [6, 6.07) is 5.96. The standard InChI is InChI=1S/C17H20N8O/c1-12-6-7-13(17-21-20-15-5-3-2-4-8-25(15)17)9-14(12)19-16(26)10-24-11-18-22-23-24/h6-7,9,11H,2-5,8,10H2,1H3,(H,19,26). The van der Waals surface area contributed by atoms with Gasteiger partial charge in [0.2, 0.25) is 5.91 Å². The molecule has 3 aromatic rings. The Morgan fingerprint density at radius 2 is 2.15 bits per heavy atom. The van der Waals surface area contributed by atoms with E-state index in [2.05, 4.69) is 35.6 Å². The van der Waals surface area contributed by atoms with E-state index in [0.29, 0.717) is 0 Å². The Labute approximate surface area is 150 Å². The number of amides is 1. The van der Waals surface area contributed by atoms with E-state index >= 15 is 0 Å². The van der Waals surface area contributed by atoms with Crippen molar-refractivity contribution in [3.05, 3.63) is 35.9 Å². The summed E-state index contributed by atoms with van der Waals surface area (Å²) in [7, 11) is 0. The quantitative estimate of drug-likeness (QED) is 0.765. The van der Waals surface area contributed by atoms with Gasteiger partial charge in [0, 0.05) is 24.2 Å². The molecule has 0 saturated heterocycles. The van der Waals surface area contributed by atoms with Crippen LogP contribution in [0.25, 0.3) is 11.4 Å². The number of tetrazole rings is 1. The van der Waals surface area contributed by atoms with Gasteiger partial charge in [-0.2, -0.15) is 0 Å². The maximum absolute atomic E-state index is 12.2. The molecule has 1 aliphatic rings. The molecule has 1 aliphatic heterocycles. The van der Waals surface area contributed by atoms with E-state index in [1.807, 2.05) is 25.1 Å². The van der Waals surface area contributed by atoms with E-state index in [0.717, 1.165) is 54.3 Å². The third kappa shape index (κ3) is 3.32. The molecule has 1 amide bonds. The minimum absolute atomic E-state index is 0.0665. The topological polar surface area (TPSA) is 103 Å². The number of benzene rings is 1. The molecular weight excluding hydrogens is 332 g/mol. The predicted molar refractivity (Wildman–Crippen MR) is 94.2 cm³/mol. The summed E-state index contributed by atoms with van der Waals surface area (Å²) < 4.78 is 3.58. The van der Waals surface area contributed by atoms with Crippen molar-refractivity contribution in [3.63, 3.8) is 0 Å². The number of carbonyl (C=O) groups excluding carboxylic acids is 1. The van der Waals surface area contributed by atoms with Crippen LogP contribution in [-0.4, -0.2) is 40.9 Å². The zero-order valence-corrected chi connectivity index (χ0v) is 14.6. The molecule has 2 aromatic heterocycles. The highest BCUT2D eigenvalue weighted by Crippen LogP contribution is 2.26. The number of aryl methyl sites for hydroxylation is 2. The van der Waals surface area contributed by atoms with E-state index in [1.165, 1.54) is 17.4 Å². The van der Waals surface area contributed by atoms with Gasteiger partial charge in [-0.3, -0.25) is 4.79 Å². The van der Waals surface area contributed by atoms with Crippen molar-refractivity contribution in [1.29, 1.82) is 0 Å². The van der Waals surface area contributed by atoms with E-state index in [1.54, 1.807) is 0 Å². The fourth-order valence-corrected chi connectivity index (χ4v) is 3.18. The summed E-state index contributed by atoms with van der Waals surface area (Å²) in [5.74, 6) is 1.72. The van der Waals surface area contributed by atoms with Gasteiger partial charge in [0.25, 0.3) is 0 Å². The Balaban J connectivity index is 1.58. The first-order valence-electron chi connectivity index (χ1n) is 8.74. The zero-order valence-electron chi connectivity index (χ0n) is 14.6. The van der Waals surface area contributed by atoms with Crippen LogP contribution in [0.3, 0.4) is 0 Å². The Morgan fingerprint density at radius 1 is 1.23 bits per heavy atom. The van der Waals surface area contributed by atoms with Gasteiger partial charge in [0.15, 0.2) is 5.82 Å². The van der Waals surface area contributed by atoms with Crippen molar-refractivity contribution in [2.24, 2.45) is 0 Å². The lowest BCUT2D eigenvalue weighted by Crippen LogP contribution is -2.19. The number of hydrogen-bond acceptors (Lipinski definition) is 6. The number of carbonyl (C=O) groups is 1. The first-order valence-corrected chi connectivity index (χ1v) is 8.74. The summed E-state index contributed by atoms with van der Waals surface area (Å²) in [5, 5.41) is 22.4. The third-order valence-corrected chi connectivity index (χ3v) is 4.58. The van der Waals surface area contributed by atoms with Gasteiger partial charge in [-0.15, -0.1) is 15.3 Å². The Kier molecular flexibility index (Phi) is 4.42. The SMILES string of the molecule is Cc1ccc(-c2nnc3n2CCCCC3)cc1NC(=O)Cn1cnnn1. The normalized spacial score (nSPS) is 13.9. The van der Waals surface area contributed by atoms with Crippen molar-refractivity contribution in [1.82, 2.24) is 35.0 Å². The highest BCUT2D eigenvalue weighted by atomic mass is 16.2. The van der Waals surface area contributed by atoms with Gasteiger partial charge in [-0.25, -0.2) is 4.68 Å². The number of hydrogen-bond donors (Lipinski definition) is 1. The molecule has 4 rings (SSSR count). The summed E-state index contributed by atoms with van der Waals surface area (Å²) in [4.78, 5) is 12.2. The molecule has 0 unspecified atom stereocenters. The van der Waals surface area contributed by atoms with Crippen LogP contribution in [0.1, 0.15) is 30.7 Å². The molecule has 0 spiro atoms. The number of aromatic nitrogens is 7. The molecule has 9 nitrogen and oxygen atoms in total. The first kappa shape index (κ1) is 16.4. The number of fused-ring (bicyclic) bond motifs is 1. The van der Waals surface area contributed by atoms with E-state index in [9.17, 15) is 4.79 Å². The molecule has 26 heavy (non-hydrogen) atoms. The maximum atomic E-state index is 12.2. The predicted octanol–water partition coefficient (Wildman–Crippen LogP) is 1.61. The van der Waals surface area contributed by atoms with Crippen LogP contribution in [0.2, 0.25) is 0 Å². The highest BCUT2D eigenvalue weighted by molar-refractivity contribution is 5.92. The smallest absolute Gasteiger partial charge is 0.246 e. The van der Waals surface area contributed by atoms with Gasteiger partial charge >= 0.3 is 0 Å². The van der Waals surface area contributed by atoms with Crippen LogP contribution in [0, 0.1) is 6.92 Å². The van der Waals surface area contributed by atoms with Crippen LogP contribution in [0.5, 0.6) is 0 Å². The Hall–Kier alpha value is -3.10. The fourth-order valence-electron chi connectivity index (χ4n) is 3.18. The first-order chi connectivity index (χ1) is 12.7. The molecule has 0 atom stereocenters. The molecular formula is C17H20N8O. The average molecular weight is 352 g/mol. The molecule has 134 valence electrons. The molecule has 0 saturated carbocycles. The van der Waals surface area contributed by atoms with E-state index in [-0.39, 0.29) is 12.5 Å². The number of nitrogens with one attached hydrogen (secondary N) is 1. The molecule has 1 N–H and O–H groups in total. The second-order valence-electron chi connectivity index (χ2n) is 6.49. The van der Waals surface area contributed by atoms with Crippen molar-refractivity contribution in [2.75, 3.05) is 5.32 Å². The molecule has 3 heterocycles. The number of nitrogens with zero attached hydrogens (tertiary/aromatic N) is 7. The van der Waals surface area contributed by atoms with Gasteiger partial charge in [-0.05, 0) is 41.8 Å². The minimum atomic E-state index is -0.183. The molecule has 0 aliphatic carbocycles. The maximum Gasteiger partial charge on any atom is 0.246 e. The highest BCUT2D eigenvalue weighted by Gasteiger charge is 2.17. The van der Waals surface area contributed by atoms with Gasteiger partial charge in [0.1, 0.15) is 18.7 Å². The number of anilines is 1. The van der Waals surface area contributed by atoms with Gasteiger partial charge in [-0.1, -0.05) is 18.6 Å². The average Bonchev–Trinajstić information content (AvgIpc) is 3.21. The second kappa shape index (κ2) is 7.03. The van der Waals surface area contributed by atoms with E-state index in [4.69, 9.17) is 0 Å². The van der Waals surface area contributed by atoms with Gasteiger partial charge < -0.3 is 9.88 Å². The van der Waals surface area contributed by atoms with Crippen LogP contribution in [0.4, 0.5) is 5.69 Å². The lowest BCUT2D eigenvalue weighted by Gasteiger charge is -2.12. The minimum Gasteiger partial charge on any atom is -0.324 e. The summed E-state index contributed by atoms with van der Waals surface area (Å²) in [5.41, 5.74) is 2.69. The zero-order chi connectivity index (χ0) is 17.9. The second-order valence-corrected chi connectivity index (χ2v) is 6.49. The van der Waals surface area contributed by atoms with Crippen molar-refractivity contribution in [3.8, 4) is 11.4 Å². The van der Waals surface area contributed by atoms with Crippen LogP contribution >= 0.6 is 0 Å². The summed E-state index contributed by atoms with van der Waals surface area (Å²) >= 11 is 0. The monoisotopic (exact) mass is 352 g/mol. The number of rotatable bonds is 4. The lowest BCUT2D eigenvalue weighted by atomic mass is 10.1. The summed E-state index contributed by atoms with van der Waals surface area (Å²) in [6.07, 6.45) is 5.89. The van der Waals surface area contributed by atoms with Crippen molar-refractivity contribution < 1.29 is 4.79 Å². The fraction of sp³-hybridized carbons (Fsp3) is 0.412. The Morgan fingerprint density at radius 3 is 3.00 bits per heavy atom. The van der Waals surface area contributed by atoms with E-state index < -0.39 is 0 Å². The molecule has 1 aromatic carbocycles. The van der Waals surface area contributed by atoms with Crippen molar-refractivity contribution in [2.45, 2.75) is 45.7 Å². The van der Waals surface area contributed by atoms with Crippen LogP contribution in [0.15, 0.2) is 24.5 Å². The van der Waals surface area contributed by atoms with Crippen LogP contribution < -0.4 is 5.32 Å². The molecule has 0 radical (unpaired) electrons. The third-order valence-electron chi connectivity index (χ3n) is 4.58. The molecule has 0 bridgehead atoms. The Bertz CT molecular complexity index is 915.